The zero-order valence-electron chi connectivity index (χ0n) is 9.64. The normalized spacial score (nSPS) is 22.9. The molecule has 0 radical (unpaired) electrons. The molecular formula is C12H14ClNO3S. The standard InChI is InChI=1S/C12H14ClNO3S/c13-8-1-3-9(4-2-8)17-6-5-11-14-10(7-18-11)12(15)16/h1-4,10-11,14H,5-7H2,(H,15,16). The Labute approximate surface area is 115 Å². The van der Waals surface area contributed by atoms with Gasteiger partial charge in [0, 0.05) is 17.2 Å². The van der Waals surface area contributed by atoms with Crippen molar-refractivity contribution in [3.05, 3.63) is 29.3 Å². The number of aliphatic carboxylic acids is 1. The molecule has 1 aromatic rings. The van der Waals surface area contributed by atoms with E-state index in [2.05, 4.69) is 5.32 Å². The molecular weight excluding hydrogens is 274 g/mol. The highest BCUT2D eigenvalue weighted by Gasteiger charge is 2.28. The van der Waals surface area contributed by atoms with Crippen molar-refractivity contribution >= 4 is 29.3 Å². The van der Waals surface area contributed by atoms with Crippen molar-refractivity contribution in [2.45, 2.75) is 17.8 Å². The highest BCUT2D eigenvalue weighted by Crippen LogP contribution is 2.22. The Bertz CT molecular complexity index is 412. The number of carbonyl (C=O) groups is 1. The van der Waals surface area contributed by atoms with Gasteiger partial charge in [-0.15, -0.1) is 11.8 Å². The van der Waals surface area contributed by atoms with Gasteiger partial charge in [0.15, 0.2) is 0 Å². The Morgan fingerprint density at radius 1 is 1.50 bits per heavy atom. The fraction of sp³-hybridized carbons (Fsp3) is 0.417. The van der Waals surface area contributed by atoms with Crippen LogP contribution in [0.4, 0.5) is 0 Å². The fourth-order valence-corrected chi connectivity index (χ4v) is 2.97. The highest BCUT2D eigenvalue weighted by atomic mass is 35.5. The van der Waals surface area contributed by atoms with Gasteiger partial charge in [-0.3, -0.25) is 10.1 Å². The smallest absolute Gasteiger partial charge is 0.321 e. The van der Waals surface area contributed by atoms with E-state index in [0.717, 1.165) is 12.2 Å². The molecule has 4 nitrogen and oxygen atoms in total. The summed E-state index contributed by atoms with van der Waals surface area (Å²) >= 11 is 7.39. The van der Waals surface area contributed by atoms with E-state index < -0.39 is 12.0 Å². The molecule has 2 N–H and O–H groups in total. The van der Waals surface area contributed by atoms with Gasteiger partial charge in [-0.05, 0) is 24.3 Å². The molecule has 1 aliphatic heterocycles. The molecule has 1 aliphatic rings. The van der Waals surface area contributed by atoms with Crippen LogP contribution >= 0.6 is 23.4 Å². The molecule has 2 unspecified atom stereocenters. The lowest BCUT2D eigenvalue weighted by Gasteiger charge is -2.11. The number of carboxylic acids is 1. The largest absolute Gasteiger partial charge is 0.494 e. The van der Waals surface area contributed by atoms with E-state index in [0.29, 0.717) is 17.4 Å². The van der Waals surface area contributed by atoms with Crippen LogP contribution in [0.15, 0.2) is 24.3 Å². The Balaban J connectivity index is 1.70. The molecule has 1 saturated heterocycles. The summed E-state index contributed by atoms with van der Waals surface area (Å²) in [5.41, 5.74) is 0. The predicted octanol–water partition coefficient (Wildman–Crippen LogP) is 2.22. The lowest BCUT2D eigenvalue weighted by Crippen LogP contribution is -2.36. The maximum Gasteiger partial charge on any atom is 0.321 e. The third-order valence-electron chi connectivity index (χ3n) is 2.61. The van der Waals surface area contributed by atoms with Gasteiger partial charge in [0.1, 0.15) is 11.8 Å². The van der Waals surface area contributed by atoms with Crippen LogP contribution in [0, 0.1) is 0 Å². The molecule has 0 aliphatic carbocycles. The number of halogens is 1. The summed E-state index contributed by atoms with van der Waals surface area (Å²) < 4.78 is 5.56. The van der Waals surface area contributed by atoms with Crippen molar-refractivity contribution < 1.29 is 14.6 Å². The third-order valence-corrected chi connectivity index (χ3v) is 4.16. The maximum atomic E-state index is 10.8. The van der Waals surface area contributed by atoms with Gasteiger partial charge in [0.25, 0.3) is 0 Å². The molecule has 1 heterocycles. The molecule has 0 saturated carbocycles. The number of hydrogen-bond donors (Lipinski definition) is 2. The van der Waals surface area contributed by atoms with Gasteiger partial charge in [-0.1, -0.05) is 11.6 Å². The first-order chi connectivity index (χ1) is 8.65. The van der Waals surface area contributed by atoms with Gasteiger partial charge >= 0.3 is 5.97 Å². The van der Waals surface area contributed by atoms with Gasteiger partial charge in [0.2, 0.25) is 0 Å². The molecule has 6 heteroatoms. The van der Waals surface area contributed by atoms with Crippen LogP contribution in [0.2, 0.25) is 5.02 Å². The van der Waals surface area contributed by atoms with Crippen LogP contribution in [-0.4, -0.2) is 34.9 Å². The van der Waals surface area contributed by atoms with Crippen LogP contribution in [0.5, 0.6) is 5.75 Å². The average molecular weight is 288 g/mol. The zero-order valence-corrected chi connectivity index (χ0v) is 11.2. The Morgan fingerprint density at radius 2 is 2.22 bits per heavy atom. The van der Waals surface area contributed by atoms with Crippen molar-refractivity contribution in [2.24, 2.45) is 0 Å². The minimum atomic E-state index is -0.788. The number of benzene rings is 1. The first kappa shape index (κ1) is 13.5. The number of ether oxygens (including phenoxy) is 1. The molecule has 18 heavy (non-hydrogen) atoms. The molecule has 2 atom stereocenters. The molecule has 0 aromatic heterocycles. The molecule has 0 bridgehead atoms. The molecule has 1 aromatic carbocycles. The second-order valence-electron chi connectivity index (χ2n) is 3.97. The van der Waals surface area contributed by atoms with Crippen LogP contribution in [0.25, 0.3) is 0 Å². The number of thioether (sulfide) groups is 1. The monoisotopic (exact) mass is 287 g/mol. The van der Waals surface area contributed by atoms with E-state index in [1.807, 2.05) is 12.1 Å². The van der Waals surface area contributed by atoms with Crippen molar-refractivity contribution in [3.63, 3.8) is 0 Å². The van der Waals surface area contributed by atoms with Gasteiger partial charge in [-0.25, -0.2) is 0 Å². The summed E-state index contributed by atoms with van der Waals surface area (Å²) in [6.07, 6.45) is 0.775. The van der Waals surface area contributed by atoms with Crippen LogP contribution in [0.3, 0.4) is 0 Å². The van der Waals surface area contributed by atoms with E-state index in [1.54, 1.807) is 23.9 Å². The van der Waals surface area contributed by atoms with Crippen LogP contribution in [0.1, 0.15) is 6.42 Å². The lowest BCUT2D eigenvalue weighted by atomic mass is 10.3. The van der Waals surface area contributed by atoms with Gasteiger partial charge in [-0.2, -0.15) is 0 Å². The lowest BCUT2D eigenvalue weighted by molar-refractivity contribution is -0.138. The van der Waals surface area contributed by atoms with Crippen LogP contribution < -0.4 is 10.1 Å². The van der Waals surface area contributed by atoms with E-state index in [4.69, 9.17) is 21.4 Å². The molecule has 2 rings (SSSR count). The number of rotatable bonds is 5. The van der Waals surface area contributed by atoms with Crippen molar-refractivity contribution in [1.82, 2.24) is 5.32 Å². The first-order valence-electron chi connectivity index (χ1n) is 5.64. The SMILES string of the molecule is O=C(O)C1CSC(CCOc2ccc(Cl)cc2)N1. The van der Waals surface area contributed by atoms with Gasteiger partial charge in [0.05, 0.1) is 12.0 Å². The van der Waals surface area contributed by atoms with Crippen LogP contribution in [-0.2, 0) is 4.79 Å². The van der Waals surface area contributed by atoms with E-state index in [1.165, 1.54) is 0 Å². The zero-order chi connectivity index (χ0) is 13.0. The topological polar surface area (TPSA) is 58.6 Å². The minimum Gasteiger partial charge on any atom is -0.494 e. The summed E-state index contributed by atoms with van der Waals surface area (Å²) in [5, 5.41) is 12.7. The van der Waals surface area contributed by atoms with E-state index in [-0.39, 0.29) is 5.37 Å². The summed E-state index contributed by atoms with van der Waals surface area (Å²) in [5.74, 6) is 0.599. The maximum absolute atomic E-state index is 10.8. The summed E-state index contributed by atoms with van der Waals surface area (Å²) in [6.45, 7) is 0.554. The first-order valence-corrected chi connectivity index (χ1v) is 7.06. The number of nitrogens with one attached hydrogen (secondary N) is 1. The molecule has 0 spiro atoms. The summed E-state index contributed by atoms with van der Waals surface area (Å²) in [4.78, 5) is 10.8. The summed E-state index contributed by atoms with van der Waals surface area (Å²) in [7, 11) is 0. The fourth-order valence-electron chi connectivity index (χ4n) is 1.66. The van der Waals surface area contributed by atoms with E-state index in [9.17, 15) is 4.79 Å². The Kier molecular flexibility index (Phi) is 4.74. The quantitative estimate of drug-likeness (QED) is 0.870. The second-order valence-corrected chi connectivity index (χ2v) is 5.64. The van der Waals surface area contributed by atoms with Gasteiger partial charge < -0.3 is 9.84 Å². The average Bonchev–Trinajstić information content (AvgIpc) is 2.81. The highest BCUT2D eigenvalue weighted by molar-refractivity contribution is 8.00. The third kappa shape index (κ3) is 3.80. The van der Waals surface area contributed by atoms with Crippen molar-refractivity contribution in [3.8, 4) is 5.75 Å². The summed E-state index contributed by atoms with van der Waals surface area (Å²) in [6, 6.07) is 6.75. The molecule has 98 valence electrons. The minimum absolute atomic E-state index is 0.151. The van der Waals surface area contributed by atoms with Crippen molar-refractivity contribution in [2.75, 3.05) is 12.4 Å². The van der Waals surface area contributed by atoms with Crippen molar-refractivity contribution in [1.29, 1.82) is 0 Å². The molecule has 1 fully saturated rings. The predicted molar refractivity (Wildman–Crippen MR) is 72.4 cm³/mol. The number of hydrogen-bond acceptors (Lipinski definition) is 4. The van der Waals surface area contributed by atoms with E-state index >= 15 is 0 Å². The molecule has 0 amide bonds. The second kappa shape index (κ2) is 6.31. The number of carboxylic acid groups (broad SMARTS) is 1. The Morgan fingerprint density at radius 3 is 2.83 bits per heavy atom. The Hall–Kier alpha value is -0.910.